The number of rotatable bonds is 11. The lowest BCUT2D eigenvalue weighted by atomic mass is 10.1. The van der Waals surface area contributed by atoms with Crippen LogP contribution in [0.25, 0.3) is 0 Å². The van der Waals surface area contributed by atoms with Crippen molar-refractivity contribution in [2.75, 3.05) is 38.4 Å². The Hall–Kier alpha value is -2.94. The first-order chi connectivity index (χ1) is 14.7. The average molecular weight is 451 g/mol. The number of nitrogens with one attached hydrogen (secondary N) is 1. The van der Waals surface area contributed by atoms with E-state index in [0.717, 1.165) is 11.8 Å². The second kappa shape index (κ2) is 10.9. The molecule has 2 aromatic rings. The van der Waals surface area contributed by atoms with Crippen LogP contribution in [-0.4, -0.2) is 48.5 Å². The summed E-state index contributed by atoms with van der Waals surface area (Å²) in [5, 5.41) is 2.93. The summed E-state index contributed by atoms with van der Waals surface area (Å²) in [6, 6.07) is 11.8. The molecule has 0 bridgehead atoms. The van der Waals surface area contributed by atoms with Crippen molar-refractivity contribution in [3.05, 3.63) is 48.0 Å². The van der Waals surface area contributed by atoms with Gasteiger partial charge in [-0.1, -0.05) is 0 Å². The Labute approximate surface area is 184 Å². The molecule has 1 atom stereocenters. The number of nitrogens with zero attached hydrogens (tertiary/aromatic N) is 1. The van der Waals surface area contributed by atoms with Gasteiger partial charge in [0.05, 0.1) is 39.3 Å². The zero-order valence-electron chi connectivity index (χ0n) is 18.5. The summed E-state index contributed by atoms with van der Waals surface area (Å²) in [5.41, 5.74) is 1.32. The van der Waals surface area contributed by atoms with Gasteiger partial charge >= 0.3 is 0 Å². The van der Waals surface area contributed by atoms with Crippen LogP contribution < -0.4 is 23.8 Å². The molecule has 31 heavy (non-hydrogen) atoms. The van der Waals surface area contributed by atoms with E-state index in [9.17, 15) is 13.2 Å². The molecule has 2 rings (SSSR count). The van der Waals surface area contributed by atoms with Crippen LogP contribution in [0.2, 0.25) is 0 Å². The Kier molecular flexibility index (Phi) is 8.56. The predicted molar refractivity (Wildman–Crippen MR) is 121 cm³/mol. The van der Waals surface area contributed by atoms with E-state index >= 15 is 0 Å². The second-order valence-electron chi connectivity index (χ2n) is 7.03. The molecule has 0 radical (unpaired) electrons. The molecular weight excluding hydrogens is 420 g/mol. The number of hydrogen-bond donors (Lipinski definition) is 1. The molecule has 1 amide bonds. The fourth-order valence-corrected chi connectivity index (χ4v) is 4.15. The molecular formula is C22H30N2O6S. The van der Waals surface area contributed by atoms with Crippen molar-refractivity contribution in [1.82, 2.24) is 5.32 Å². The first-order valence-corrected chi connectivity index (χ1v) is 11.7. The Bertz CT molecular complexity index is 976. The van der Waals surface area contributed by atoms with Gasteiger partial charge in [0, 0.05) is 18.5 Å². The fraction of sp³-hybridized carbons (Fsp3) is 0.409. The third-order valence-electron chi connectivity index (χ3n) is 4.81. The number of anilines is 1. The van der Waals surface area contributed by atoms with Crippen molar-refractivity contribution in [2.24, 2.45) is 0 Å². The highest BCUT2D eigenvalue weighted by Crippen LogP contribution is 2.29. The van der Waals surface area contributed by atoms with Gasteiger partial charge in [0.1, 0.15) is 17.2 Å². The molecule has 0 saturated carbocycles. The molecule has 2 aromatic carbocycles. The Balaban J connectivity index is 1.99. The molecule has 0 aliphatic heterocycles. The summed E-state index contributed by atoms with van der Waals surface area (Å²) in [6.07, 6.45) is 1.69. The summed E-state index contributed by atoms with van der Waals surface area (Å²) in [4.78, 5) is 12.5. The van der Waals surface area contributed by atoms with E-state index in [1.807, 2.05) is 13.0 Å². The number of carbonyl (C=O) groups is 1. The van der Waals surface area contributed by atoms with Gasteiger partial charge in [0.25, 0.3) is 0 Å². The van der Waals surface area contributed by atoms with Crippen LogP contribution in [0.1, 0.15) is 31.4 Å². The van der Waals surface area contributed by atoms with E-state index in [4.69, 9.17) is 14.2 Å². The smallest absolute Gasteiger partial charge is 0.232 e. The Morgan fingerprint density at radius 3 is 2.16 bits per heavy atom. The molecule has 0 aromatic heterocycles. The third-order valence-corrected chi connectivity index (χ3v) is 6.00. The van der Waals surface area contributed by atoms with Gasteiger partial charge in [-0.25, -0.2) is 8.42 Å². The van der Waals surface area contributed by atoms with Gasteiger partial charge in [-0.3, -0.25) is 9.10 Å². The lowest BCUT2D eigenvalue weighted by Crippen LogP contribution is -2.32. The van der Waals surface area contributed by atoms with Crippen LogP contribution >= 0.6 is 0 Å². The molecule has 1 N–H and O–H groups in total. The van der Waals surface area contributed by atoms with Gasteiger partial charge in [-0.15, -0.1) is 0 Å². The highest BCUT2D eigenvalue weighted by molar-refractivity contribution is 7.92. The lowest BCUT2D eigenvalue weighted by molar-refractivity contribution is -0.121. The second-order valence-corrected chi connectivity index (χ2v) is 8.94. The maximum atomic E-state index is 12.5. The number of carbonyl (C=O) groups excluding carboxylic acids is 1. The predicted octanol–water partition coefficient (Wildman–Crippen LogP) is 3.14. The summed E-state index contributed by atoms with van der Waals surface area (Å²) in [5.74, 6) is 1.77. The number of sulfonamides is 1. The standard InChI is InChI=1S/C22H30N2O6S/c1-16(20-15-19(29-3)12-13-21(20)30-4)23-22(25)7-6-14-24(31(5,26)27)17-8-10-18(28-2)11-9-17/h8-13,15-16H,6-7,14H2,1-5H3,(H,23,25)/t16-/m1/s1. The summed E-state index contributed by atoms with van der Waals surface area (Å²) >= 11 is 0. The van der Waals surface area contributed by atoms with Crippen molar-refractivity contribution in [2.45, 2.75) is 25.8 Å². The van der Waals surface area contributed by atoms with Crippen LogP contribution in [0.15, 0.2) is 42.5 Å². The van der Waals surface area contributed by atoms with Gasteiger partial charge in [0.2, 0.25) is 15.9 Å². The molecule has 9 heteroatoms. The zero-order valence-corrected chi connectivity index (χ0v) is 19.4. The molecule has 0 aliphatic rings. The van der Waals surface area contributed by atoms with Gasteiger partial charge in [0.15, 0.2) is 0 Å². The van der Waals surface area contributed by atoms with Crippen molar-refractivity contribution in [3.63, 3.8) is 0 Å². The van der Waals surface area contributed by atoms with Crippen LogP contribution in [0.5, 0.6) is 17.2 Å². The van der Waals surface area contributed by atoms with E-state index in [0.29, 0.717) is 29.4 Å². The minimum atomic E-state index is -3.49. The molecule has 0 spiro atoms. The SMILES string of the molecule is COc1ccc(N(CCCC(=O)N[C@H](C)c2cc(OC)ccc2OC)S(C)(=O)=O)cc1. The zero-order chi connectivity index (χ0) is 23.0. The maximum Gasteiger partial charge on any atom is 0.232 e. The number of methoxy groups -OCH3 is 3. The quantitative estimate of drug-likeness (QED) is 0.565. The summed E-state index contributed by atoms with van der Waals surface area (Å²) in [7, 11) is 1.20. The largest absolute Gasteiger partial charge is 0.497 e. The number of ether oxygens (including phenoxy) is 3. The van der Waals surface area contributed by atoms with Gasteiger partial charge in [-0.05, 0) is 55.8 Å². The third kappa shape index (κ3) is 6.78. The molecule has 8 nitrogen and oxygen atoms in total. The molecule has 170 valence electrons. The number of hydrogen-bond acceptors (Lipinski definition) is 6. The van der Waals surface area contributed by atoms with E-state index in [1.165, 1.54) is 4.31 Å². The van der Waals surface area contributed by atoms with Gasteiger partial charge in [-0.2, -0.15) is 0 Å². The molecule has 0 aliphatic carbocycles. The minimum absolute atomic E-state index is 0.179. The minimum Gasteiger partial charge on any atom is -0.497 e. The van der Waals surface area contributed by atoms with Crippen molar-refractivity contribution in [3.8, 4) is 17.2 Å². The summed E-state index contributed by atoms with van der Waals surface area (Å²) < 4.78 is 41.5. The van der Waals surface area contributed by atoms with E-state index in [2.05, 4.69) is 5.32 Å². The van der Waals surface area contributed by atoms with E-state index in [-0.39, 0.29) is 24.9 Å². The van der Waals surface area contributed by atoms with E-state index < -0.39 is 10.0 Å². The van der Waals surface area contributed by atoms with E-state index in [1.54, 1.807) is 57.7 Å². The van der Waals surface area contributed by atoms with Crippen LogP contribution in [0, 0.1) is 0 Å². The highest BCUT2D eigenvalue weighted by atomic mass is 32.2. The number of benzene rings is 2. The first kappa shape index (κ1) is 24.3. The van der Waals surface area contributed by atoms with Crippen LogP contribution in [-0.2, 0) is 14.8 Å². The fourth-order valence-electron chi connectivity index (χ4n) is 3.19. The summed E-state index contributed by atoms with van der Waals surface area (Å²) in [6.45, 7) is 2.05. The maximum absolute atomic E-state index is 12.5. The lowest BCUT2D eigenvalue weighted by Gasteiger charge is -2.23. The molecule has 0 saturated heterocycles. The monoisotopic (exact) mass is 450 g/mol. The topological polar surface area (TPSA) is 94.2 Å². The molecule has 0 unspecified atom stereocenters. The van der Waals surface area contributed by atoms with Crippen molar-refractivity contribution in [1.29, 1.82) is 0 Å². The number of amides is 1. The Morgan fingerprint density at radius 1 is 1.00 bits per heavy atom. The van der Waals surface area contributed by atoms with Gasteiger partial charge < -0.3 is 19.5 Å². The van der Waals surface area contributed by atoms with Crippen molar-refractivity contribution < 1.29 is 27.4 Å². The molecule has 0 fully saturated rings. The van der Waals surface area contributed by atoms with Crippen LogP contribution in [0.4, 0.5) is 5.69 Å². The molecule has 0 heterocycles. The highest BCUT2D eigenvalue weighted by Gasteiger charge is 2.19. The van der Waals surface area contributed by atoms with Crippen LogP contribution in [0.3, 0.4) is 0 Å². The Morgan fingerprint density at radius 2 is 1.61 bits per heavy atom. The first-order valence-electron chi connectivity index (χ1n) is 9.82. The van der Waals surface area contributed by atoms with Crippen molar-refractivity contribution >= 4 is 21.6 Å². The normalized spacial score (nSPS) is 12.0. The average Bonchev–Trinajstić information content (AvgIpc) is 2.75.